The van der Waals surface area contributed by atoms with Crippen molar-refractivity contribution in [2.75, 3.05) is 26.8 Å². The molecule has 1 aromatic carbocycles. The molecule has 1 aliphatic carbocycles. The van der Waals surface area contributed by atoms with Crippen LogP contribution in [-0.4, -0.2) is 49.5 Å². The van der Waals surface area contributed by atoms with Crippen LogP contribution in [0.4, 0.5) is 4.79 Å². The summed E-state index contributed by atoms with van der Waals surface area (Å²) in [5.41, 5.74) is 2.83. The highest BCUT2D eigenvalue weighted by Gasteiger charge is 2.50. The number of carbonyl (C=O) groups excluding carboxylic acids is 2. The van der Waals surface area contributed by atoms with E-state index in [0.717, 1.165) is 11.1 Å². The van der Waals surface area contributed by atoms with E-state index in [0.29, 0.717) is 43.2 Å². The summed E-state index contributed by atoms with van der Waals surface area (Å²) < 4.78 is 10.7. The van der Waals surface area contributed by atoms with Crippen LogP contribution in [0.2, 0.25) is 0 Å². The number of piperidine rings is 1. The molecule has 156 valence electrons. The van der Waals surface area contributed by atoms with Crippen molar-refractivity contribution >= 4 is 17.6 Å². The first-order valence-corrected chi connectivity index (χ1v) is 10.3. The van der Waals surface area contributed by atoms with Crippen molar-refractivity contribution in [3.8, 4) is 0 Å². The molecule has 2 fully saturated rings. The average molecular weight is 400 g/mol. The van der Waals surface area contributed by atoms with Crippen LogP contribution >= 0.6 is 0 Å². The maximum atomic E-state index is 13.1. The number of ether oxygens (including phenoxy) is 2. The Morgan fingerprint density at radius 1 is 1.28 bits per heavy atom. The van der Waals surface area contributed by atoms with Crippen LogP contribution in [0.3, 0.4) is 0 Å². The van der Waals surface area contributed by atoms with E-state index in [4.69, 9.17) is 14.3 Å². The smallest absolute Gasteiger partial charge is 0.434 e. The van der Waals surface area contributed by atoms with E-state index >= 15 is 0 Å². The number of hydroxylamine groups is 2. The van der Waals surface area contributed by atoms with Gasteiger partial charge in [-0.15, -0.1) is 0 Å². The second kappa shape index (κ2) is 7.80. The van der Waals surface area contributed by atoms with Gasteiger partial charge >= 0.3 is 6.16 Å². The zero-order valence-corrected chi connectivity index (χ0v) is 17.2. The van der Waals surface area contributed by atoms with Crippen LogP contribution in [-0.2, 0) is 19.1 Å². The van der Waals surface area contributed by atoms with E-state index in [2.05, 4.69) is 17.4 Å². The van der Waals surface area contributed by atoms with Crippen molar-refractivity contribution < 1.29 is 23.9 Å². The molecule has 0 aromatic heterocycles. The van der Waals surface area contributed by atoms with Crippen molar-refractivity contribution in [2.24, 2.45) is 0 Å². The molecular formula is C22H28N2O5. The number of nitrogens with one attached hydrogen (secondary N) is 1. The summed E-state index contributed by atoms with van der Waals surface area (Å²) in [6.07, 6.45) is 2.84. The molecule has 7 heteroatoms. The fourth-order valence-corrected chi connectivity index (χ4v) is 4.34. The van der Waals surface area contributed by atoms with Crippen LogP contribution in [0.1, 0.15) is 55.2 Å². The molecule has 0 bridgehead atoms. The molecule has 7 nitrogen and oxygen atoms in total. The number of nitrogens with zero attached hydrogens (tertiary/aromatic N) is 1. The van der Waals surface area contributed by atoms with Crippen molar-refractivity contribution in [3.05, 3.63) is 40.6 Å². The molecule has 0 radical (unpaired) electrons. The minimum absolute atomic E-state index is 0.211. The van der Waals surface area contributed by atoms with Gasteiger partial charge < -0.3 is 19.6 Å². The summed E-state index contributed by atoms with van der Waals surface area (Å²) in [5, 5.41) is 4.95. The predicted molar refractivity (Wildman–Crippen MR) is 107 cm³/mol. The van der Waals surface area contributed by atoms with Crippen LogP contribution in [0.15, 0.2) is 24.0 Å². The topological polar surface area (TPSA) is 77.1 Å². The molecule has 2 aliphatic heterocycles. The number of carbonyl (C=O) groups is 2. The van der Waals surface area contributed by atoms with E-state index in [9.17, 15) is 9.59 Å². The standard InChI is InChI=1S/C22H28N2O5/c1-4-28-21(26)29-19-18(17-8-7-16(13-14(17)2)15-5-6-15)20(25)23-22(19)9-11-24(27-3)12-10-22/h7-8,13,15H,4-6,9-12H2,1-3H3,(H,23,25). The Morgan fingerprint density at radius 3 is 2.59 bits per heavy atom. The monoisotopic (exact) mass is 400 g/mol. The maximum Gasteiger partial charge on any atom is 0.513 e. The quantitative estimate of drug-likeness (QED) is 0.765. The molecule has 29 heavy (non-hydrogen) atoms. The Bertz CT molecular complexity index is 851. The van der Waals surface area contributed by atoms with Gasteiger partial charge in [0, 0.05) is 13.1 Å². The average Bonchev–Trinajstić information content (AvgIpc) is 3.51. The highest BCUT2D eigenvalue weighted by molar-refractivity contribution is 6.23. The molecule has 1 N–H and O–H groups in total. The van der Waals surface area contributed by atoms with E-state index in [-0.39, 0.29) is 12.5 Å². The Hall–Kier alpha value is -2.38. The summed E-state index contributed by atoms with van der Waals surface area (Å²) in [4.78, 5) is 30.6. The number of hydrogen-bond donors (Lipinski definition) is 1. The summed E-state index contributed by atoms with van der Waals surface area (Å²) in [7, 11) is 1.63. The van der Waals surface area contributed by atoms with Crippen molar-refractivity contribution in [3.63, 3.8) is 0 Å². The number of rotatable bonds is 5. The first kappa shape index (κ1) is 19.9. The van der Waals surface area contributed by atoms with Gasteiger partial charge in [0.25, 0.3) is 5.91 Å². The van der Waals surface area contributed by atoms with Crippen molar-refractivity contribution in [1.29, 1.82) is 0 Å². The maximum absolute atomic E-state index is 13.1. The van der Waals surface area contributed by atoms with E-state index in [1.807, 2.05) is 18.1 Å². The van der Waals surface area contributed by atoms with Gasteiger partial charge in [-0.25, -0.2) is 4.79 Å². The summed E-state index contributed by atoms with van der Waals surface area (Å²) in [6, 6.07) is 6.21. The first-order chi connectivity index (χ1) is 14.0. The third-order valence-electron chi connectivity index (χ3n) is 6.09. The highest BCUT2D eigenvalue weighted by atomic mass is 16.7. The third kappa shape index (κ3) is 3.76. The van der Waals surface area contributed by atoms with Gasteiger partial charge in [-0.2, -0.15) is 5.06 Å². The lowest BCUT2D eigenvalue weighted by atomic mass is 9.85. The molecule has 1 amide bonds. The largest absolute Gasteiger partial charge is 0.513 e. The number of benzene rings is 1. The fourth-order valence-electron chi connectivity index (χ4n) is 4.34. The minimum Gasteiger partial charge on any atom is -0.434 e. The second-order valence-electron chi connectivity index (χ2n) is 7.99. The molecule has 0 unspecified atom stereocenters. The van der Waals surface area contributed by atoms with E-state index in [1.54, 1.807) is 14.0 Å². The number of aryl methyl sites for hydroxylation is 1. The number of hydrogen-bond acceptors (Lipinski definition) is 6. The zero-order chi connectivity index (χ0) is 20.6. The highest BCUT2D eigenvalue weighted by Crippen LogP contribution is 2.44. The lowest BCUT2D eigenvalue weighted by Crippen LogP contribution is -2.53. The summed E-state index contributed by atoms with van der Waals surface area (Å²) >= 11 is 0. The molecule has 0 atom stereocenters. The van der Waals surface area contributed by atoms with Gasteiger partial charge in [-0.1, -0.05) is 18.2 Å². The van der Waals surface area contributed by atoms with Gasteiger partial charge in [0.1, 0.15) is 5.54 Å². The van der Waals surface area contributed by atoms with Crippen molar-refractivity contribution in [1.82, 2.24) is 10.4 Å². The molecule has 1 spiro atoms. The molecule has 1 saturated heterocycles. The molecule has 1 saturated carbocycles. The fraction of sp³-hybridized carbons (Fsp3) is 0.545. The predicted octanol–water partition coefficient (Wildman–Crippen LogP) is 3.28. The Kier molecular flexibility index (Phi) is 5.36. The van der Waals surface area contributed by atoms with Gasteiger partial charge in [0.05, 0.1) is 19.3 Å². The minimum atomic E-state index is -0.780. The lowest BCUT2D eigenvalue weighted by Gasteiger charge is -2.38. The molecule has 3 aliphatic rings. The third-order valence-corrected chi connectivity index (χ3v) is 6.09. The lowest BCUT2D eigenvalue weighted by molar-refractivity contribution is -0.152. The van der Waals surface area contributed by atoms with Crippen LogP contribution < -0.4 is 5.32 Å². The Morgan fingerprint density at radius 2 is 2.00 bits per heavy atom. The van der Waals surface area contributed by atoms with Crippen LogP contribution in [0.5, 0.6) is 0 Å². The summed E-state index contributed by atoms with van der Waals surface area (Å²) in [5.74, 6) is 0.797. The van der Waals surface area contributed by atoms with E-state index in [1.165, 1.54) is 18.4 Å². The molecule has 4 rings (SSSR count). The van der Waals surface area contributed by atoms with Crippen LogP contribution in [0.25, 0.3) is 5.57 Å². The van der Waals surface area contributed by atoms with Gasteiger partial charge in [-0.3, -0.25) is 4.79 Å². The normalized spacial score (nSPS) is 21.4. The van der Waals surface area contributed by atoms with E-state index < -0.39 is 11.7 Å². The van der Waals surface area contributed by atoms with Crippen LogP contribution in [0, 0.1) is 6.92 Å². The van der Waals surface area contributed by atoms with Gasteiger partial charge in [0.2, 0.25) is 0 Å². The second-order valence-corrected chi connectivity index (χ2v) is 7.99. The SMILES string of the molecule is CCOC(=O)OC1=C(c2ccc(C3CC3)cc2C)C(=O)NC12CCN(OC)CC2. The molecule has 2 heterocycles. The summed E-state index contributed by atoms with van der Waals surface area (Å²) in [6.45, 7) is 5.19. The molecular weight excluding hydrogens is 372 g/mol. The van der Waals surface area contributed by atoms with Gasteiger partial charge in [-0.05, 0) is 62.1 Å². The Labute approximate surface area is 170 Å². The Balaban J connectivity index is 1.74. The first-order valence-electron chi connectivity index (χ1n) is 10.3. The van der Waals surface area contributed by atoms with Crippen molar-refractivity contribution in [2.45, 2.75) is 51.0 Å². The van der Waals surface area contributed by atoms with Gasteiger partial charge in [0.15, 0.2) is 5.76 Å². The molecule has 1 aromatic rings. The zero-order valence-electron chi connectivity index (χ0n) is 17.2. The number of amides is 1.